The molecule has 9 nitrogen and oxygen atoms in total. The number of carbonyl (C=O) groups is 3. The highest BCUT2D eigenvalue weighted by molar-refractivity contribution is 6.33. The average Bonchev–Trinajstić information content (AvgIpc) is 3.49. The number of rotatable bonds is 3. The highest BCUT2D eigenvalue weighted by Crippen LogP contribution is 2.43. The lowest BCUT2D eigenvalue weighted by molar-refractivity contribution is -0.136. The van der Waals surface area contributed by atoms with Crippen molar-refractivity contribution in [1.82, 2.24) is 19.2 Å². The van der Waals surface area contributed by atoms with Crippen molar-refractivity contribution < 1.29 is 37.4 Å². The number of aromatic nitrogens is 2. The third-order valence-electron chi connectivity index (χ3n) is 6.19. The second kappa shape index (κ2) is 7.59. The Labute approximate surface area is 189 Å². The summed E-state index contributed by atoms with van der Waals surface area (Å²) >= 11 is 6.31. The van der Waals surface area contributed by atoms with Gasteiger partial charge in [-0.2, -0.15) is 13.2 Å². The molecule has 176 valence electrons. The monoisotopic (exact) mass is 486 g/mol. The molecule has 2 aliphatic heterocycles. The Kier molecular flexibility index (Phi) is 5.05. The number of likely N-dealkylation sites (tertiary alicyclic amines) is 1. The molecule has 1 N–H and O–H groups in total. The van der Waals surface area contributed by atoms with Gasteiger partial charge in [-0.05, 0) is 36.8 Å². The normalized spacial score (nSPS) is 24.0. The summed E-state index contributed by atoms with van der Waals surface area (Å²) < 4.78 is 46.8. The number of amides is 3. The van der Waals surface area contributed by atoms with E-state index < -0.39 is 54.0 Å². The number of nitrogens with zero attached hydrogens (tertiary/aromatic N) is 4. The molecule has 0 radical (unpaired) electrons. The molecule has 13 heteroatoms. The second-order valence-corrected chi connectivity index (χ2v) is 8.75. The number of piperidine rings is 1. The van der Waals surface area contributed by atoms with Gasteiger partial charge in [0.25, 0.3) is 11.8 Å². The van der Waals surface area contributed by atoms with Gasteiger partial charge in [-0.15, -0.1) is 0 Å². The Hall–Kier alpha value is -2.86. The SMILES string of the molecule is O=C(c1nc2c(C(F)(F)F)cc(C3CC3)cn2c1Cl)N1CCC(N2C(=O)COC2=O)C(O)C1. The molecule has 33 heavy (non-hydrogen) atoms. The second-order valence-electron chi connectivity index (χ2n) is 8.40. The number of aliphatic hydroxyl groups is 1. The van der Waals surface area contributed by atoms with Gasteiger partial charge in [0.2, 0.25) is 0 Å². The van der Waals surface area contributed by atoms with E-state index in [0.717, 1.165) is 28.2 Å². The van der Waals surface area contributed by atoms with Crippen LogP contribution in [0.3, 0.4) is 0 Å². The molecular weight excluding hydrogens is 469 g/mol. The van der Waals surface area contributed by atoms with E-state index in [9.17, 15) is 32.7 Å². The average molecular weight is 487 g/mol. The minimum atomic E-state index is -4.69. The van der Waals surface area contributed by atoms with Crippen molar-refractivity contribution in [2.24, 2.45) is 0 Å². The number of hydrogen-bond donors (Lipinski definition) is 1. The highest BCUT2D eigenvalue weighted by atomic mass is 35.5. The van der Waals surface area contributed by atoms with Crippen LogP contribution in [-0.2, 0) is 15.7 Å². The smallest absolute Gasteiger partial charge is 0.419 e. The fraction of sp³-hybridized carbons (Fsp3) is 0.500. The van der Waals surface area contributed by atoms with Crippen LogP contribution in [0.4, 0.5) is 18.0 Å². The van der Waals surface area contributed by atoms with Crippen LogP contribution in [0, 0.1) is 0 Å². The molecule has 2 unspecified atom stereocenters. The number of hydrogen-bond acceptors (Lipinski definition) is 6. The van der Waals surface area contributed by atoms with E-state index >= 15 is 0 Å². The Morgan fingerprint density at radius 2 is 1.97 bits per heavy atom. The van der Waals surface area contributed by atoms with Gasteiger partial charge in [-0.25, -0.2) is 14.7 Å². The Morgan fingerprint density at radius 3 is 2.55 bits per heavy atom. The van der Waals surface area contributed by atoms with Crippen LogP contribution < -0.4 is 0 Å². The summed E-state index contributed by atoms with van der Waals surface area (Å²) in [6.45, 7) is -0.641. The molecule has 0 aromatic carbocycles. The minimum Gasteiger partial charge on any atom is -0.439 e. The number of fused-ring (bicyclic) bond motifs is 1. The third kappa shape index (κ3) is 3.70. The van der Waals surface area contributed by atoms with Gasteiger partial charge in [-0.3, -0.25) is 14.0 Å². The van der Waals surface area contributed by atoms with E-state index in [-0.39, 0.29) is 36.3 Å². The number of cyclic esters (lactones) is 1. The summed E-state index contributed by atoms with van der Waals surface area (Å²) in [5.41, 5.74) is -1.33. The van der Waals surface area contributed by atoms with Crippen molar-refractivity contribution >= 4 is 35.2 Å². The van der Waals surface area contributed by atoms with Crippen molar-refractivity contribution in [3.63, 3.8) is 0 Å². The summed E-state index contributed by atoms with van der Waals surface area (Å²) in [6.07, 6.45) is -3.72. The largest absolute Gasteiger partial charge is 0.439 e. The molecular formula is C20H18ClF3N4O5. The number of halogens is 4. The lowest BCUT2D eigenvalue weighted by Gasteiger charge is -2.38. The maximum absolute atomic E-state index is 13.7. The van der Waals surface area contributed by atoms with Crippen LogP contribution in [0.25, 0.3) is 5.65 Å². The molecule has 0 bridgehead atoms. The van der Waals surface area contributed by atoms with E-state index in [0.29, 0.717) is 5.56 Å². The number of carbonyl (C=O) groups excluding carboxylic acids is 3. The summed E-state index contributed by atoms with van der Waals surface area (Å²) in [5.74, 6) is -1.32. The minimum absolute atomic E-state index is 0.0160. The number of pyridine rings is 1. The fourth-order valence-corrected chi connectivity index (χ4v) is 4.61. The molecule has 3 fully saturated rings. The summed E-state index contributed by atoms with van der Waals surface area (Å²) in [5, 5.41) is 10.2. The van der Waals surface area contributed by atoms with Gasteiger partial charge in [0, 0.05) is 19.3 Å². The predicted molar refractivity (Wildman–Crippen MR) is 106 cm³/mol. The van der Waals surface area contributed by atoms with Crippen molar-refractivity contribution in [3.05, 3.63) is 34.2 Å². The van der Waals surface area contributed by atoms with Gasteiger partial charge >= 0.3 is 12.3 Å². The van der Waals surface area contributed by atoms with Crippen LogP contribution in [0.5, 0.6) is 0 Å². The third-order valence-corrected chi connectivity index (χ3v) is 6.55. The van der Waals surface area contributed by atoms with Gasteiger partial charge in [0.05, 0.1) is 17.7 Å². The van der Waals surface area contributed by atoms with E-state index in [1.54, 1.807) is 0 Å². The van der Waals surface area contributed by atoms with Crippen LogP contribution in [0.1, 0.15) is 46.8 Å². The van der Waals surface area contributed by atoms with Gasteiger partial charge in [0.15, 0.2) is 17.9 Å². The zero-order chi connectivity index (χ0) is 23.7. The number of aliphatic hydroxyl groups excluding tert-OH is 1. The molecule has 4 heterocycles. The Morgan fingerprint density at radius 1 is 1.24 bits per heavy atom. The standard InChI is InChI=1S/C20H18ClF3N4O5/c21-16-15(25-17-11(20(22,23)24)5-10(6-27(16)17)9-1-2-9)18(31)26-4-3-12(13(29)7-26)28-14(30)8-33-19(28)32/h5-6,9,12-13,29H,1-4,7-8H2. The number of alkyl halides is 3. The number of β-amino-alcohol motifs (C(OH)–C–C–N with tert-alkyl or cyclic N) is 1. The van der Waals surface area contributed by atoms with Crippen LogP contribution in [0.15, 0.2) is 12.3 Å². The lowest BCUT2D eigenvalue weighted by atomic mass is 10.00. The summed E-state index contributed by atoms with van der Waals surface area (Å²) in [6, 6.07) is 0.178. The topological polar surface area (TPSA) is 104 Å². The molecule has 3 aliphatic rings. The summed E-state index contributed by atoms with van der Waals surface area (Å²) in [7, 11) is 0. The van der Waals surface area contributed by atoms with Crippen LogP contribution in [-0.4, -0.2) is 74.0 Å². The van der Waals surface area contributed by atoms with Gasteiger partial charge in [0.1, 0.15) is 5.15 Å². The van der Waals surface area contributed by atoms with Gasteiger partial charge in [-0.1, -0.05) is 11.6 Å². The Bertz CT molecular complexity index is 1160. The van der Waals surface area contributed by atoms with Crippen molar-refractivity contribution in [2.45, 2.75) is 43.5 Å². The van der Waals surface area contributed by atoms with Gasteiger partial charge < -0.3 is 14.7 Å². The van der Waals surface area contributed by atoms with E-state index in [2.05, 4.69) is 9.72 Å². The number of imide groups is 1. The lowest BCUT2D eigenvalue weighted by Crippen LogP contribution is -2.56. The maximum Gasteiger partial charge on any atom is 0.419 e. The number of ether oxygens (including phenoxy) is 1. The highest BCUT2D eigenvalue weighted by Gasteiger charge is 2.44. The van der Waals surface area contributed by atoms with Crippen molar-refractivity contribution in [2.75, 3.05) is 19.7 Å². The first-order chi connectivity index (χ1) is 15.6. The molecule has 2 aromatic rings. The molecule has 3 amide bonds. The van der Waals surface area contributed by atoms with Crippen molar-refractivity contribution in [3.8, 4) is 0 Å². The molecule has 5 rings (SSSR count). The first-order valence-electron chi connectivity index (χ1n) is 10.3. The molecule has 2 aromatic heterocycles. The quantitative estimate of drug-likeness (QED) is 0.714. The van der Waals surface area contributed by atoms with Crippen LogP contribution >= 0.6 is 11.6 Å². The molecule has 1 aliphatic carbocycles. The van der Waals surface area contributed by atoms with E-state index in [1.807, 2.05) is 0 Å². The zero-order valence-corrected chi connectivity index (χ0v) is 17.8. The molecule has 0 spiro atoms. The predicted octanol–water partition coefficient (Wildman–Crippen LogP) is 2.44. The van der Waals surface area contributed by atoms with Crippen molar-refractivity contribution in [1.29, 1.82) is 0 Å². The first-order valence-corrected chi connectivity index (χ1v) is 10.7. The van der Waals surface area contributed by atoms with E-state index in [4.69, 9.17) is 11.6 Å². The Balaban J connectivity index is 1.44. The summed E-state index contributed by atoms with van der Waals surface area (Å²) in [4.78, 5) is 42.7. The maximum atomic E-state index is 13.7. The first kappa shape index (κ1) is 22.0. The number of imidazole rings is 1. The van der Waals surface area contributed by atoms with E-state index in [1.165, 1.54) is 11.1 Å². The fourth-order valence-electron chi connectivity index (χ4n) is 4.36. The van der Waals surface area contributed by atoms with Crippen LogP contribution in [0.2, 0.25) is 5.15 Å². The zero-order valence-electron chi connectivity index (χ0n) is 17.0. The molecule has 2 atom stereocenters. The molecule has 2 saturated heterocycles. The molecule has 1 saturated carbocycles.